The van der Waals surface area contributed by atoms with E-state index in [0.29, 0.717) is 5.92 Å². The predicted octanol–water partition coefficient (Wildman–Crippen LogP) is 2.27. The molecular weight excluding hydrogens is 152 g/mol. The quantitative estimate of drug-likeness (QED) is 0.574. The van der Waals surface area contributed by atoms with Crippen molar-refractivity contribution in [1.82, 2.24) is 0 Å². The molecule has 0 saturated heterocycles. The van der Waals surface area contributed by atoms with E-state index in [0.717, 1.165) is 19.1 Å². The summed E-state index contributed by atoms with van der Waals surface area (Å²) in [4.78, 5) is 10.5. The molecule has 72 valence electrons. The van der Waals surface area contributed by atoms with Crippen LogP contribution in [0.2, 0.25) is 0 Å². The molecule has 0 aliphatic heterocycles. The number of aldehydes is 1. The van der Waals surface area contributed by atoms with Crippen LogP contribution in [0.5, 0.6) is 0 Å². The molecule has 0 aliphatic carbocycles. The van der Waals surface area contributed by atoms with Crippen LogP contribution in [0.15, 0.2) is 0 Å². The Kier molecular flexibility index (Phi) is 5.99. The maximum Gasteiger partial charge on any atom is 0.125 e. The van der Waals surface area contributed by atoms with Crippen LogP contribution in [-0.4, -0.2) is 19.5 Å². The summed E-state index contributed by atoms with van der Waals surface area (Å²) in [6.45, 7) is 6.25. The topological polar surface area (TPSA) is 26.3 Å². The summed E-state index contributed by atoms with van der Waals surface area (Å²) in [6.07, 6.45) is 3.19. The Bertz CT molecular complexity index is 123. The van der Waals surface area contributed by atoms with Gasteiger partial charge in [-0.15, -0.1) is 0 Å². The van der Waals surface area contributed by atoms with Crippen LogP contribution in [0.3, 0.4) is 0 Å². The van der Waals surface area contributed by atoms with Gasteiger partial charge in [-0.05, 0) is 12.3 Å². The summed E-state index contributed by atoms with van der Waals surface area (Å²) in [5.74, 6) is 0.654. The van der Waals surface area contributed by atoms with Crippen molar-refractivity contribution < 1.29 is 9.53 Å². The summed E-state index contributed by atoms with van der Waals surface area (Å²) < 4.78 is 5.24. The lowest BCUT2D eigenvalue weighted by Gasteiger charge is -2.21. The van der Waals surface area contributed by atoms with Crippen LogP contribution in [0, 0.1) is 11.8 Å². The van der Waals surface area contributed by atoms with Gasteiger partial charge in [0.25, 0.3) is 0 Å². The highest BCUT2D eigenvalue weighted by Gasteiger charge is 2.17. The van der Waals surface area contributed by atoms with Crippen molar-refractivity contribution in [2.24, 2.45) is 11.8 Å². The smallest absolute Gasteiger partial charge is 0.125 e. The van der Waals surface area contributed by atoms with Gasteiger partial charge in [-0.1, -0.05) is 27.2 Å². The van der Waals surface area contributed by atoms with Crippen molar-refractivity contribution in [3.8, 4) is 0 Å². The van der Waals surface area contributed by atoms with Gasteiger partial charge >= 0.3 is 0 Å². The standard InChI is InChI=1S/C10H20O2/c1-5-8(2)6-10(12-4)9(3)7-11/h7-10H,5-6H2,1-4H3. The average Bonchev–Trinajstić information content (AvgIpc) is 2.12. The highest BCUT2D eigenvalue weighted by atomic mass is 16.5. The molecular formula is C10H20O2. The lowest BCUT2D eigenvalue weighted by molar-refractivity contribution is -0.114. The fraction of sp³-hybridized carbons (Fsp3) is 0.900. The van der Waals surface area contributed by atoms with Crippen molar-refractivity contribution in [3.63, 3.8) is 0 Å². The Morgan fingerprint density at radius 2 is 2.00 bits per heavy atom. The fourth-order valence-corrected chi connectivity index (χ4v) is 1.18. The summed E-state index contributed by atoms with van der Waals surface area (Å²) in [5, 5.41) is 0. The largest absolute Gasteiger partial charge is 0.381 e. The molecule has 0 radical (unpaired) electrons. The zero-order chi connectivity index (χ0) is 9.56. The average molecular weight is 172 g/mol. The van der Waals surface area contributed by atoms with Gasteiger partial charge in [0.1, 0.15) is 6.29 Å². The van der Waals surface area contributed by atoms with Crippen molar-refractivity contribution in [2.45, 2.75) is 39.7 Å². The number of ether oxygens (including phenoxy) is 1. The number of methoxy groups -OCH3 is 1. The molecule has 0 fully saturated rings. The van der Waals surface area contributed by atoms with Crippen molar-refractivity contribution in [3.05, 3.63) is 0 Å². The molecule has 0 spiro atoms. The second-order valence-corrected chi connectivity index (χ2v) is 3.52. The first-order valence-corrected chi connectivity index (χ1v) is 4.63. The first-order chi connectivity index (χ1) is 5.65. The van der Waals surface area contributed by atoms with Crippen LogP contribution < -0.4 is 0 Å². The first-order valence-electron chi connectivity index (χ1n) is 4.63. The third-order valence-corrected chi connectivity index (χ3v) is 2.44. The molecule has 0 aliphatic rings. The van der Waals surface area contributed by atoms with Gasteiger partial charge in [-0.25, -0.2) is 0 Å². The second kappa shape index (κ2) is 6.18. The van der Waals surface area contributed by atoms with E-state index in [-0.39, 0.29) is 12.0 Å². The van der Waals surface area contributed by atoms with Gasteiger partial charge in [0.05, 0.1) is 6.10 Å². The Morgan fingerprint density at radius 1 is 1.42 bits per heavy atom. The monoisotopic (exact) mass is 172 g/mol. The number of carbonyl (C=O) groups excluding carboxylic acids is 1. The van der Waals surface area contributed by atoms with E-state index in [9.17, 15) is 4.79 Å². The summed E-state index contributed by atoms with van der Waals surface area (Å²) >= 11 is 0. The molecule has 0 aromatic carbocycles. The summed E-state index contributed by atoms with van der Waals surface area (Å²) in [6, 6.07) is 0. The normalized spacial score (nSPS) is 18.3. The predicted molar refractivity (Wildman–Crippen MR) is 50.1 cm³/mol. The molecule has 0 bridgehead atoms. The Labute approximate surface area is 75.3 Å². The lowest BCUT2D eigenvalue weighted by atomic mass is 9.94. The SMILES string of the molecule is CCC(C)CC(OC)C(C)C=O. The highest BCUT2D eigenvalue weighted by molar-refractivity contribution is 5.53. The first kappa shape index (κ1) is 11.6. The zero-order valence-electron chi connectivity index (χ0n) is 8.54. The highest BCUT2D eigenvalue weighted by Crippen LogP contribution is 2.16. The van der Waals surface area contributed by atoms with E-state index >= 15 is 0 Å². The van der Waals surface area contributed by atoms with E-state index in [1.807, 2.05) is 6.92 Å². The minimum absolute atomic E-state index is 0.0176. The molecule has 0 aromatic rings. The van der Waals surface area contributed by atoms with E-state index in [4.69, 9.17) is 4.74 Å². The molecule has 2 heteroatoms. The fourth-order valence-electron chi connectivity index (χ4n) is 1.18. The second-order valence-electron chi connectivity index (χ2n) is 3.52. The molecule has 0 aromatic heterocycles. The van der Waals surface area contributed by atoms with Gasteiger partial charge in [0.15, 0.2) is 0 Å². The van der Waals surface area contributed by atoms with Crippen LogP contribution in [-0.2, 0) is 9.53 Å². The number of carbonyl (C=O) groups is 1. The summed E-state index contributed by atoms with van der Waals surface area (Å²) in [5.41, 5.74) is 0. The Morgan fingerprint density at radius 3 is 2.33 bits per heavy atom. The molecule has 0 rings (SSSR count). The number of rotatable bonds is 6. The minimum atomic E-state index is 0.0176. The van der Waals surface area contributed by atoms with Crippen LogP contribution in [0.1, 0.15) is 33.6 Å². The Hall–Kier alpha value is -0.370. The number of hydrogen-bond donors (Lipinski definition) is 0. The minimum Gasteiger partial charge on any atom is -0.381 e. The van der Waals surface area contributed by atoms with Crippen LogP contribution in [0.25, 0.3) is 0 Å². The molecule has 0 N–H and O–H groups in total. The third-order valence-electron chi connectivity index (χ3n) is 2.44. The number of hydrogen-bond acceptors (Lipinski definition) is 2. The van der Waals surface area contributed by atoms with Crippen molar-refractivity contribution in [1.29, 1.82) is 0 Å². The van der Waals surface area contributed by atoms with Crippen molar-refractivity contribution in [2.75, 3.05) is 7.11 Å². The molecule has 0 amide bonds. The zero-order valence-corrected chi connectivity index (χ0v) is 8.54. The third kappa shape index (κ3) is 3.86. The van der Waals surface area contributed by atoms with E-state index in [1.54, 1.807) is 7.11 Å². The maximum atomic E-state index is 10.5. The van der Waals surface area contributed by atoms with E-state index < -0.39 is 0 Å². The summed E-state index contributed by atoms with van der Waals surface area (Å²) in [7, 11) is 1.67. The van der Waals surface area contributed by atoms with Crippen LogP contribution in [0.4, 0.5) is 0 Å². The van der Waals surface area contributed by atoms with Gasteiger partial charge in [0, 0.05) is 13.0 Å². The van der Waals surface area contributed by atoms with Gasteiger partial charge in [-0.3, -0.25) is 0 Å². The van der Waals surface area contributed by atoms with Gasteiger partial charge < -0.3 is 9.53 Å². The van der Waals surface area contributed by atoms with Crippen molar-refractivity contribution >= 4 is 6.29 Å². The van der Waals surface area contributed by atoms with Gasteiger partial charge in [-0.2, -0.15) is 0 Å². The lowest BCUT2D eigenvalue weighted by Crippen LogP contribution is -2.23. The van der Waals surface area contributed by atoms with Crippen LogP contribution >= 0.6 is 0 Å². The molecule has 2 nitrogen and oxygen atoms in total. The molecule has 12 heavy (non-hydrogen) atoms. The molecule has 3 atom stereocenters. The molecule has 0 heterocycles. The molecule has 3 unspecified atom stereocenters. The molecule has 0 saturated carbocycles. The van der Waals surface area contributed by atoms with Gasteiger partial charge in [0.2, 0.25) is 0 Å². The Balaban J connectivity index is 3.89. The van der Waals surface area contributed by atoms with E-state index in [2.05, 4.69) is 13.8 Å². The van der Waals surface area contributed by atoms with E-state index in [1.165, 1.54) is 0 Å². The maximum absolute atomic E-state index is 10.5.